The van der Waals surface area contributed by atoms with Gasteiger partial charge in [-0.25, -0.2) is 0 Å². The first-order valence-corrected chi connectivity index (χ1v) is 13.5. The highest BCUT2D eigenvalue weighted by molar-refractivity contribution is 7.86. The molecule has 2 aliphatic rings. The van der Waals surface area contributed by atoms with Gasteiger partial charge in [-0.1, -0.05) is 29.8 Å². The molecule has 34 heavy (non-hydrogen) atoms. The van der Waals surface area contributed by atoms with Crippen molar-refractivity contribution in [2.24, 2.45) is 0 Å². The Bertz CT molecular complexity index is 1140. The summed E-state index contributed by atoms with van der Waals surface area (Å²) in [5.41, 5.74) is 2.67. The van der Waals surface area contributed by atoms with Gasteiger partial charge in [-0.2, -0.15) is 8.42 Å². The highest BCUT2D eigenvalue weighted by Crippen LogP contribution is 2.36. The average Bonchev–Trinajstić information content (AvgIpc) is 2.80. The fourth-order valence-corrected chi connectivity index (χ4v) is 5.54. The van der Waals surface area contributed by atoms with Gasteiger partial charge in [0.05, 0.1) is 19.1 Å². The number of anilines is 1. The van der Waals surface area contributed by atoms with Gasteiger partial charge >= 0.3 is 0 Å². The van der Waals surface area contributed by atoms with Crippen LogP contribution < -0.4 is 15.0 Å². The first kappa shape index (κ1) is 24.9. The summed E-state index contributed by atoms with van der Waals surface area (Å²) in [6.07, 6.45) is 0.724. The quantitative estimate of drug-likeness (QED) is 0.549. The topological polar surface area (TPSA) is 88.2 Å². The van der Waals surface area contributed by atoms with Crippen LogP contribution in [-0.2, 0) is 25.5 Å². The number of rotatable bonds is 8. The number of carbonyl (C=O) groups is 1. The Morgan fingerprint density at radius 3 is 2.71 bits per heavy atom. The van der Waals surface area contributed by atoms with Crippen LogP contribution in [0.5, 0.6) is 5.75 Å². The summed E-state index contributed by atoms with van der Waals surface area (Å²) in [5.74, 6) is 0.262. The van der Waals surface area contributed by atoms with Crippen molar-refractivity contribution < 1.29 is 22.1 Å². The lowest BCUT2D eigenvalue weighted by atomic mass is 9.97. The molecule has 2 aliphatic heterocycles. The monoisotopic (exact) mass is 507 g/mol. The maximum absolute atomic E-state index is 13.2. The summed E-state index contributed by atoms with van der Waals surface area (Å²) in [4.78, 5) is 17.3. The lowest BCUT2D eigenvalue weighted by molar-refractivity contribution is -0.125. The zero-order valence-corrected chi connectivity index (χ0v) is 20.9. The second-order valence-corrected chi connectivity index (χ2v) is 10.6. The minimum Gasteiger partial charge on any atom is -0.496 e. The Balaban J connectivity index is 1.51. The molecule has 0 spiro atoms. The third kappa shape index (κ3) is 5.72. The summed E-state index contributed by atoms with van der Waals surface area (Å²) in [7, 11) is -2.24. The Labute approximate surface area is 205 Å². The number of amides is 1. The molecular formula is C24H30ClN3O5S. The van der Waals surface area contributed by atoms with Gasteiger partial charge in [0.25, 0.3) is 16.0 Å². The van der Waals surface area contributed by atoms with E-state index in [1.165, 1.54) is 0 Å². The van der Waals surface area contributed by atoms with Gasteiger partial charge < -0.3 is 15.0 Å². The molecule has 184 valence electrons. The van der Waals surface area contributed by atoms with Crippen LogP contribution in [0.25, 0.3) is 0 Å². The largest absolute Gasteiger partial charge is 0.496 e. The van der Waals surface area contributed by atoms with Crippen LogP contribution in [0.15, 0.2) is 42.5 Å². The smallest absolute Gasteiger partial charge is 0.265 e. The van der Waals surface area contributed by atoms with Gasteiger partial charge in [-0.3, -0.25) is 13.9 Å². The van der Waals surface area contributed by atoms with E-state index in [2.05, 4.69) is 16.3 Å². The van der Waals surface area contributed by atoms with Gasteiger partial charge in [0.15, 0.2) is 6.10 Å². The second-order valence-electron chi connectivity index (χ2n) is 8.61. The number of benzene rings is 2. The van der Waals surface area contributed by atoms with Crippen molar-refractivity contribution in [3.63, 3.8) is 0 Å². The van der Waals surface area contributed by atoms with Crippen molar-refractivity contribution >= 4 is 33.3 Å². The molecule has 0 saturated carbocycles. The number of nitrogens with one attached hydrogen (secondary N) is 1. The molecule has 0 radical (unpaired) electrons. The van der Waals surface area contributed by atoms with E-state index in [0.717, 1.165) is 49.2 Å². The zero-order chi connectivity index (χ0) is 24.3. The summed E-state index contributed by atoms with van der Waals surface area (Å²) in [6, 6.07) is 13.6. The van der Waals surface area contributed by atoms with Crippen molar-refractivity contribution in [2.75, 3.05) is 51.0 Å². The summed E-state index contributed by atoms with van der Waals surface area (Å²) < 4.78 is 34.2. The molecule has 2 unspecified atom stereocenters. The molecule has 2 aromatic rings. The molecule has 2 heterocycles. The summed E-state index contributed by atoms with van der Waals surface area (Å²) >= 11 is 6.22. The molecular weight excluding hydrogens is 478 g/mol. The van der Waals surface area contributed by atoms with Gasteiger partial charge in [0.1, 0.15) is 5.75 Å². The third-order valence-electron chi connectivity index (χ3n) is 6.26. The SMILES string of the molecule is COc1cccc2c1CC(OS(C)(=O)=O)C(=O)N2CCCN1CCNCC1c1cccc(Cl)c1. The van der Waals surface area contributed by atoms with E-state index in [0.29, 0.717) is 23.7 Å². The van der Waals surface area contributed by atoms with Crippen molar-refractivity contribution in [3.8, 4) is 5.75 Å². The molecule has 1 fully saturated rings. The van der Waals surface area contributed by atoms with Crippen molar-refractivity contribution in [1.29, 1.82) is 0 Å². The predicted molar refractivity (Wildman–Crippen MR) is 132 cm³/mol. The minimum atomic E-state index is -3.80. The molecule has 2 atom stereocenters. The second kappa shape index (κ2) is 10.6. The van der Waals surface area contributed by atoms with Crippen LogP contribution in [-0.4, -0.2) is 71.4 Å². The van der Waals surface area contributed by atoms with E-state index in [1.54, 1.807) is 18.1 Å². The highest BCUT2D eigenvalue weighted by atomic mass is 35.5. The van der Waals surface area contributed by atoms with Gasteiger partial charge in [-0.15, -0.1) is 0 Å². The predicted octanol–water partition coefficient (Wildman–Crippen LogP) is 2.62. The lowest BCUT2D eigenvalue weighted by Crippen LogP contribution is -2.49. The maximum Gasteiger partial charge on any atom is 0.265 e. The van der Waals surface area contributed by atoms with Crippen molar-refractivity contribution in [3.05, 3.63) is 58.6 Å². The maximum atomic E-state index is 13.2. The van der Waals surface area contributed by atoms with Crippen LogP contribution in [0.3, 0.4) is 0 Å². The minimum absolute atomic E-state index is 0.149. The third-order valence-corrected chi connectivity index (χ3v) is 7.07. The number of hydrogen-bond acceptors (Lipinski definition) is 7. The normalized spacial score (nSPS) is 21.4. The standard InChI is InChI=1S/C24H30ClN3O5S/c1-32-22-9-4-8-20-19(22)15-23(33-34(2,30)31)24(29)28(20)12-5-11-27-13-10-26-16-21(27)17-6-3-7-18(25)14-17/h3-4,6-9,14,21,23,26H,5,10-13,15-16H2,1-2H3. The van der Waals surface area contributed by atoms with Gasteiger partial charge in [0, 0.05) is 55.8 Å². The molecule has 0 bridgehead atoms. The molecule has 2 aromatic carbocycles. The number of fused-ring (bicyclic) bond motifs is 1. The van der Waals surface area contributed by atoms with Crippen LogP contribution in [0, 0.1) is 0 Å². The first-order valence-electron chi connectivity index (χ1n) is 11.3. The number of methoxy groups -OCH3 is 1. The molecule has 0 aromatic heterocycles. The van der Waals surface area contributed by atoms with E-state index >= 15 is 0 Å². The number of piperazine rings is 1. The molecule has 1 amide bonds. The Morgan fingerprint density at radius 1 is 1.18 bits per heavy atom. The first-order chi connectivity index (χ1) is 16.3. The van der Waals surface area contributed by atoms with Crippen LogP contribution in [0.4, 0.5) is 5.69 Å². The number of carbonyl (C=O) groups excluding carboxylic acids is 1. The van der Waals surface area contributed by atoms with E-state index in [9.17, 15) is 13.2 Å². The van der Waals surface area contributed by atoms with E-state index in [-0.39, 0.29) is 18.4 Å². The van der Waals surface area contributed by atoms with Crippen molar-refractivity contribution in [1.82, 2.24) is 10.2 Å². The summed E-state index contributed by atoms with van der Waals surface area (Å²) in [6.45, 7) is 3.82. The number of halogens is 1. The molecule has 1 N–H and O–H groups in total. The highest BCUT2D eigenvalue weighted by Gasteiger charge is 2.37. The van der Waals surface area contributed by atoms with Crippen LogP contribution in [0.2, 0.25) is 5.02 Å². The fraction of sp³-hybridized carbons (Fsp3) is 0.458. The van der Waals surface area contributed by atoms with E-state index < -0.39 is 16.2 Å². The Kier molecular flexibility index (Phi) is 7.79. The van der Waals surface area contributed by atoms with Gasteiger partial charge in [-0.05, 0) is 36.2 Å². The molecule has 0 aliphatic carbocycles. The number of hydrogen-bond donors (Lipinski definition) is 1. The lowest BCUT2D eigenvalue weighted by Gasteiger charge is -2.38. The average molecular weight is 508 g/mol. The van der Waals surface area contributed by atoms with Gasteiger partial charge in [0.2, 0.25) is 0 Å². The van der Waals surface area contributed by atoms with E-state index in [1.807, 2.05) is 30.3 Å². The van der Waals surface area contributed by atoms with Crippen LogP contribution >= 0.6 is 11.6 Å². The fourth-order valence-electron chi connectivity index (χ4n) is 4.77. The van der Waals surface area contributed by atoms with E-state index in [4.69, 9.17) is 20.5 Å². The molecule has 8 nitrogen and oxygen atoms in total. The molecule has 4 rings (SSSR count). The zero-order valence-electron chi connectivity index (χ0n) is 19.4. The molecule has 1 saturated heterocycles. The van der Waals surface area contributed by atoms with Crippen molar-refractivity contribution in [2.45, 2.75) is 25.0 Å². The summed E-state index contributed by atoms with van der Waals surface area (Å²) in [5, 5.41) is 4.16. The number of ether oxygens (including phenoxy) is 1. The molecule has 10 heteroatoms. The Morgan fingerprint density at radius 2 is 1.97 bits per heavy atom. The van der Waals surface area contributed by atoms with Crippen LogP contribution in [0.1, 0.15) is 23.6 Å². The Hall–Kier alpha value is -2.17. The number of nitrogens with zero attached hydrogens (tertiary/aromatic N) is 2.